The van der Waals surface area contributed by atoms with Gasteiger partial charge in [-0.1, -0.05) is 37.3 Å². The first-order chi connectivity index (χ1) is 15.6. The first-order valence-electron chi connectivity index (χ1n) is 11.3. The van der Waals surface area contributed by atoms with E-state index in [4.69, 9.17) is 9.47 Å². The standard InChI is InChI=1S/C26H36N2O5/c1-6-24(30)27-21-14-12-20(13-15-21)16-19(2)28(25(31)33-26(3,4)5)17-22(29)18-32-23-10-8-7-9-11-23/h7-15,19,22,29H,6,16-18H2,1-5H3,(H,27,30). The number of carbonyl (C=O) groups excluding carboxylic acids is 2. The van der Waals surface area contributed by atoms with Crippen LogP contribution < -0.4 is 10.1 Å². The van der Waals surface area contributed by atoms with Crippen molar-refractivity contribution in [1.82, 2.24) is 4.90 Å². The van der Waals surface area contributed by atoms with Gasteiger partial charge in [-0.05, 0) is 63.9 Å². The minimum atomic E-state index is -0.883. The number of aliphatic hydroxyl groups is 1. The average molecular weight is 457 g/mol. The number of hydrogen-bond donors (Lipinski definition) is 2. The lowest BCUT2D eigenvalue weighted by Crippen LogP contribution is -2.47. The lowest BCUT2D eigenvalue weighted by atomic mass is 10.1. The van der Waals surface area contributed by atoms with Crippen LogP contribution in [-0.4, -0.2) is 52.9 Å². The van der Waals surface area contributed by atoms with Gasteiger partial charge in [-0.15, -0.1) is 0 Å². The molecule has 0 fully saturated rings. The van der Waals surface area contributed by atoms with E-state index >= 15 is 0 Å². The molecule has 0 aliphatic rings. The van der Waals surface area contributed by atoms with Crippen molar-refractivity contribution in [2.45, 2.75) is 65.2 Å². The lowest BCUT2D eigenvalue weighted by molar-refractivity contribution is -0.115. The maximum atomic E-state index is 12.9. The molecule has 2 N–H and O–H groups in total. The van der Waals surface area contributed by atoms with Crippen LogP contribution in [0.1, 0.15) is 46.6 Å². The summed E-state index contributed by atoms with van der Waals surface area (Å²) in [5.74, 6) is 0.614. The maximum absolute atomic E-state index is 12.9. The number of amides is 2. The third kappa shape index (κ3) is 9.53. The summed E-state index contributed by atoms with van der Waals surface area (Å²) in [6, 6.07) is 16.5. The molecule has 2 rings (SSSR count). The van der Waals surface area contributed by atoms with E-state index in [1.807, 2.05) is 82.3 Å². The molecule has 0 radical (unpaired) electrons. The van der Waals surface area contributed by atoms with Gasteiger partial charge < -0.3 is 24.8 Å². The number of benzene rings is 2. The zero-order valence-electron chi connectivity index (χ0n) is 20.2. The van der Waals surface area contributed by atoms with Crippen molar-refractivity contribution >= 4 is 17.7 Å². The van der Waals surface area contributed by atoms with Gasteiger partial charge in [0.2, 0.25) is 5.91 Å². The lowest BCUT2D eigenvalue weighted by Gasteiger charge is -2.33. The van der Waals surface area contributed by atoms with Gasteiger partial charge >= 0.3 is 6.09 Å². The molecule has 0 bridgehead atoms. The highest BCUT2D eigenvalue weighted by atomic mass is 16.6. The van der Waals surface area contributed by atoms with Gasteiger partial charge in [0.25, 0.3) is 0 Å². The van der Waals surface area contributed by atoms with E-state index in [9.17, 15) is 14.7 Å². The smallest absolute Gasteiger partial charge is 0.410 e. The Hall–Kier alpha value is -3.06. The van der Waals surface area contributed by atoms with E-state index in [2.05, 4.69) is 5.32 Å². The number of carbonyl (C=O) groups is 2. The minimum absolute atomic E-state index is 0.0427. The third-order valence-electron chi connectivity index (χ3n) is 4.84. The highest BCUT2D eigenvalue weighted by Crippen LogP contribution is 2.18. The molecule has 0 aliphatic heterocycles. The van der Waals surface area contributed by atoms with Crippen LogP contribution in [0.2, 0.25) is 0 Å². The molecule has 0 aromatic heterocycles. The summed E-state index contributed by atoms with van der Waals surface area (Å²) < 4.78 is 11.2. The van der Waals surface area contributed by atoms with Crippen molar-refractivity contribution in [3.8, 4) is 5.75 Å². The molecule has 7 nitrogen and oxygen atoms in total. The van der Waals surface area contributed by atoms with Crippen LogP contribution in [0.15, 0.2) is 54.6 Å². The SMILES string of the molecule is CCC(=O)Nc1ccc(CC(C)N(CC(O)COc2ccccc2)C(=O)OC(C)(C)C)cc1. The summed E-state index contributed by atoms with van der Waals surface area (Å²) in [4.78, 5) is 26.0. The summed E-state index contributed by atoms with van der Waals surface area (Å²) in [6.07, 6.45) is -0.389. The fourth-order valence-electron chi connectivity index (χ4n) is 3.17. The second-order valence-corrected chi connectivity index (χ2v) is 9.06. The van der Waals surface area contributed by atoms with Crippen LogP contribution in [0, 0.1) is 0 Å². The van der Waals surface area contributed by atoms with Crippen LogP contribution >= 0.6 is 0 Å². The Balaban J connectivity index is 2.05. The molecule has 0 saturated carbocycles. The zero-order chi connectivity index (χ0) is 24.4. The first-order valence-corrected chi connectivity index (χ1v) is 11.3. The maximum Gasteiger partial charge on any atom is 0.410 e. The summed E-state index contributed by atoms with van der Waals surface area (Å²) >= 11 is 0. The van der Waals surface area contributed by atoms with E-state index in [0.29, 0.717) is 18.6 Å². The largest absolute Gasteiger partial charge is 0.491 e. The molecule has 2 amide bonds. The van der Waals surface area contributed by atoms with Crippen molar-refractivity contribution in [3.05, 3.63) is 60.2 Å². The molecule has 2 unspecified atom stereocenters. The van der Waals surface area contributed by atoms with E-state index in [1.54, 1.807) is 6.92 Å². The van der Waals surface area contributed by atoms with Gasteiger partial charge in [0.05, 0.1) is 6.54 Å². The predicted molar refractivity (Wildman–Crippen MR) is 129 cm³/mol. The van der Waals surface area contributed by atoms with Crippen molar-refractivity contribution in [1.29, 1.82) is 0 Å². The van der Waals surface area contributed by atoms with Crippen LogP contribution in [0.25, 0.3) is 0 Å². The fraction of sp³-hybridized carbons (Fsp3) is 0.462. The number of nitrogens with one attached hydrogen (secondary N) is 1. The number of nitrogens with zero attached hydrogens (tertiary/aromatic N) is 1. The average Bonchev–Trinajstić information content (AvgIpc) is 2.76. The Morgan fingerprint density at radius 1 is 1.06 bits per heavy atom. The summed E-state index contributed by atoms with van der Waals surface area (Å²) in [5, 5.41) is 13.4. The Morgan fingerprint density at radius 2 is 1.70 bits per heavy atom. The Kier molecular flexibility index (Phi) is 9.73. The van der Waals surface area contributed by atoms with Crippen molar-refractivity contribution in [2.75, 3.05) is 18.5 Å². The van der Waals surface area contributed by atoms with Crippen molar-refractivity contribution in [3.63, 3.8) is 0 Å². The number of anilines is 1. The molecule has 33 heavy (non-hydrogen) atoms. The van der Waals surface area contributed by atoms with Crippen LogP contribution in [0.3, 0.4) is 0 Å². The molecule has 0 aliphatic carbocycles. The number of aliphatic hydroxyl groups excluding tert-OH is 1. The Labute approximate surface area is 196 Å². The monoisotopic (exact) mass is 456 g/mol. The molecule has 0 spiro atoms. The van der Waals surface area contributed by atoms with Gasteiger partial charge in [0.15, 0.2) is 0 Å². The normalized spacial score (nSPS) is 13.0. The van der Waals surface area contributed by atoms with E-state index in [-0.39, 0.29) is 25.1 Å². The van der Waals surface area contributed by atoms with Crippen LogP contribution in [0.4, 0.5) is 10.5 Å². The van der Waals surface area contributed by atoms with Gasteiger partial charge in [-0.2, -0.15) is 0 Å². The molecule has 0 saturated heterocycles. The fourth-order valence-corrected chi connectivity index (χ4v) is 3.17. The third-order valence-corrected chi connectivity index (χ3v) is 4.84. The Bertz CT molecular complexity index is 878. The number of ether oxygens (including phenoxy) is 2. The van der Waals surface area contributed by atoms with E-state index in [0.717, 1.165) is 11.3 Å². The van der Waals surface area contributed by atoms with Gasteiger partial charge in [0, 0.05) is 18.2 Å². The van der Waals surface area contributed by atoms with Crippen molar-refractivity contribution in [2.24, 2.45) is 0 Å². The summed E-state index contributed by atoms with van der Waals surface area (Å²) in [5.41, 5.74) is 1.08. The molecule has 180 valence electrons. The zero-order valence-corrected chi connectivity index (χ0v) is 20.2. The van der Waals surface area contributed by atoms with E-state index in [1.165, 1.54) is 4.90 Å². The second kappa shape index (κ2) is 12.3. The Morgan fingerprint density at radius 3 is 2.27 bits per heavy atom. The number of hydrogen-bond acceptors (Lipinski definition) is 5. The minimum Gasteiger partial charge on any atom is -0.491 e. The number of rotatable bonds is 10. The van der Waals surface area contributed by atoms with Crippen LogP contribution in [-0.2, 0) is 16.0 Å². The first kappa shape index (κ1) is 26.2. The van der Waals surface area contributed by atoms with E-state index < -0.39 is 17.8 Å². The molecule has 2 atom stereocenters. The second-order valence-electron chi connectivity index (χ2n) is 9.06. The van der Waals surface area contributed by atoms with Crippen LogP contribution in [0.5, 0.6) is 5.75 Å². The summed E-state index contributed by atoms with van der Waals surface area (Å²) in [7, 11) is 0. The predicted octanol–water partition coefficient (Wildman–Crippen LogP) is 4.64. The van der Waals surface area contributed by atoms with Gasteiger partial charge in [0.1, 0.15) is 24.1 Å². The molecule has 2 aromatic rings. The topological polar surface area (TPSA) is 88.1 Å². The highest BCUT2D eigenvalue weighted by molar-refractivity contribution is 5.90. The number of para-hydroxylation sites is 1. The molecular weight excluding hydrogens is 420 g/mol. The van der Waals surface area contributed by atoms with Crippen molar-refractivity contribution < 1.29 is 24.2 Å². The highest BCUT2D eigenvalue weighted by Gasteiger charge is 2.28. The van der Waals surface area contributed by atoms with Gasteiger partial charge in [-0.25, -0.2) is 4.79 Å². The molecule has 0 heterocycles. The van der Waals surface area contributed by atoms with Gasteiger partial charge in [-0.3, -0.25) is 4.79 Å². The molecular formula is C26H36N2O5. The quantitative estimate of drug-likeness (QED) is 0.544. The summed E-state index contributed by atoms with van der Waals surface area (Å²) in [6.45, 7) is 9.29. The molecule has 7 heteroatoms. The molecule has 2 aromatic carbocycles.